The van der Waals surface area contributed by atoms with Crippen molar-refractivity contribution in [2.45, 2.75) is 10.9 Å². The summed E-state index contributed by atoms with van der Waals surface area (Å²) in [6, 6.07) is 5.78. The van der Waals surface area contributed by atoms with Gasteiger partial charge < -0.3 is 10.8 Å². The highest BCUT2D eigenvalue weighted by Crippen LogP contribution is 2.13. The first kappa shape index (κ1) is 9.09. The number of benzene rings is 1. The van der Waals surface area contributed by atoms with E-state index in [0.717, 1.165) is 4.90 Å². The number of carbonyl (C=O) groups is 1. The van der Waals surface area contributed by atoms with Crippen LogP contribution in [-0.4, -0.2) is 11.1 Å². The molecular weight excluding hydrogens is 174 g/mol. The molecule has 3 N–H and O–H groups in total. The van der Waals surface area contributed by atoms with Crippen LogP contribution < -0.4 is 5.73 Å². The van der Waals surface area contributed by atoms with E-state index in [9.17, 15) is 4.79 Å². The van der Waals surface area contributed by atoms with Gasteiger partial charge in [-0.15, -0.1) is 12.6 Å². The summed E-state index contributed by atoms with van der Waals surface area (Å²) in [6.07, 6.45) is 0. The van der Waals surface area contributed by atoms with Crippen LogP contribution in [0.4, 0.5) is 0 Å². The Kier molecular flexibility index (Phi) is 2.73. The van der Waals surface area contributed by atoms with E-state index in [0.29, 0.717) is 5.56 Å². The maximum atomic E-state index is 10.4. The molecule has 0 saturated heterocycles. The first-order chi connectivity index (χ1) is 5.61. The van der Waals surface area contributed by atoms with Gasteiger partial charge in [0.1, 0.15) is 6.04 Å². The number of rotatable bonds is 2. The van der Waals surface area contributed by atoms with Crippen LogP contribution in [-0.2, 0) is 4.79 Å². The molecule has 64 valence electrons. The standard InChI is InChI=1S/C8H9NO2S/c9-7(8(10)11)5-1-3-6(12)4-2-5/h1-4,7,12H,9H2,(H,10,11). The van der Waals surface area contributed by atoms with Crippen LogP contribution in [0.5, 0.6) is 0 Å². The van der Waals surface area contributed by atoms with Crippen molar-refractivity contribution in [1.82, 2.24) is 0 Å². The van der Waals surface area contributed by atoms with Gasteiger partial charge in [-0.25, -0.2) is 0 Å². The number of thiol groups is 1. The minimum absolute atomic E-state index is 0.584. The first-order valence-corrected chi connectivity index (χ1v) is 3.83. The lowest BCUT2D eigenvalue weighted by Gasteiger charge is -2.05. The summed E-state index contributed by atoms with van der Waals surface area (Å²) in [5.41, 5.74) is 5.95. The van der Waals surface area contributed by atoms with Crippen LogP contribution in [0.1, 0.15) is 11.6 Å². The molecule has 3 nitrogen and oxygen atoms in total. The second-order valence-electron chi connectivity index (χ2n) is 2.41. The summed E-state index contributed by atoms with van der Waals surface area (Å²) >= 11 is 4.06. The summed E-state index contributed by atoms with van der Waals surface area (Å²) in [4.78, 5) is 11.2. The zero-order chi connectivity index (χ0) is 9.14. The normalized spacial score (nSPS) is 12.5. The second-order valence-corrected chi connectivity index (χ2v) is 2.92. The van der Waals surface area contributed by atoms with Crippen LogP contribution in [0.2, 0.25) is 0 Å². The molecule has 1 unspecified atom stereocenters. The Balaban J connectivity index is 2.89. The minimum atomic E-state index is -1.03. The second kappa shape index (κ2) is 3.60. The van der Waals surface area contributed by atoms with Crippen molar-refractivity contribution in [2.75, 3.05) is 0 Å². The maximum Gasteiger partial charge on any atom is 0.325 e. The lowest BCUT2D eigenvalue weighted by Crippen LogP contribution is -2.20. The summed E-state index contributed by atoms with van der Waals surface area (Å²) in [5, 5.41) is 8.56. The average molecular weight is 183 g/mol. The molecule has 0 spiro atoms. The van der Waals surface area contributed by atoms with Crippen molar-refractivity contribution in [3.8, 4) is 0 Å². The van der Waals surface area contributed by atoms with Gasteiger partial charge in [-0.3, -0.25) is 4.79 Å². The molecule has 1 rings (SSSR count). The summed E-state index contributed by atoms with van der Waals surface area (Å²) < 4.78 is 0. The van der Waals surface area contributed by atoms with Crippen molar-refractivity contribution in [1.29, 1.82) is 0 Å². The van der Waals surface area contributed by atoms with E-state index in [1.54, 1.807) is 24.3 Å². The molecule has 0 saturated carbocycles. The van der Waals surface area contributed by atoms with E-state index in [1.165, 1.54) is 0 Å². The highest BCUT2D eigenvalue weighted by atomic mass is 32.1. The van der Waals surface area contributed by atoms with Gasteiger partial charge in [0.2, 0.25) is 0 Å². The van der Waals surface area contributed by atoms with Crippen molar-refractivity contribution >= 4 is 18.6 Å². The molecule has 1 atom stereocenters. The highest BCUT2D eigenvalue weighted by molar-refractivity contribution is 7.80. The SMILES string of the molecule is NC(C(=O)O)c1ccc(S)cc1. The zero-order valence-electron chi connectivity index (χ0n) is 6.27. The topological polar surface area (TPSA) is 63.3 Å². The van der Waals surface area contributed by atoms with Gasteiger partial charge in [0.05, 0.1) is 0 Å². The molecule has 0 fully saturated rings. The Bertz CT molecular complexity index is 284. The summed E-state index contributed by atoms with van der Waals surface area (Å²) in [7, 11) is 0. The van der Waals surface area contributed by atoms with Crippen LogP contribution in [0.25, 0.3) is 0 Å². The fraction of sp³-hybridized carbons (Fsp3) is 0.125. The molecule has 0 aromatic heterocycles. The fourth-order valence-corrected chi connectivity index (χ4v) is 0.973. The molecule has 12 heavy (non-hydrogen) atoms. The van der Waals surface area contributed by atoms with E-state index in [2.05, 4.69) is 12.6 Å². The number of carboxylic acid groups (broad SMARTS) is 1. The fourth-order valence-electron chi connectivity index (χ4n) is 0.824. The molecule has 0 heterocycles. The Morgan fingerprint density at radius 1 is 1.42 bits per heavy atom. The van der Waals surface area contributed by atoms with Crippen molar-refractivity contribution < 1.29 is 9.90 Å². The van der Waals surface area contributed by atoms with E-state index < -0.39 is 12.0 Å². The van der Waals surface area contributed by atoms with Crippen molar-refractivity contribution in [3.05, 3.63) is 29.8 Å². The number of aliphatic carboxylic acids is 1. The van der Waals surface area contributed by atoms with E-state index in [4.69, 9.17) is 10.8 Å². The molecule has 0 aliphatic heterocycles. The van der Waals surface area contributed by atoms with Gasteiger partial charge in [0.25, 0.3) is 0 Å². The van der Waals surface area contributed by atoms with Gasteiger partial charge in [0, 0.05) is 4.90 Å². The maximum absolute atomic E-state index is 10.4. The van der Waals surface area contributed by atoms with E-state index in [-0.39, 0.29) is 0 Å². The van der Waals surface area contributed by atoms with Gasteiger partial charge in [-0.05, 0) is 17.7 Å². The lowest BCUT2D eigenvalue weighted by molar-refractivity contribution is -0.138. The molecule has 0 bridgehead atoms. The van der Waals surface area contributed by atoms with Crippen molar-refractivity contribution in [2.24, 2.45) is 5.73 Å². The molecule has 0 radical (unpaired) electrons. The molecular formula is C8H9NO2S. The predicted molar refractivity (Wildman–Crippen MR) is 48.3 cm³/mol. The highest BCUT2D eigenvalue weighted by Gasteiger charge is 2.12. The molecule has 4 heteroatoms. The smallest absolute Gasteiger partial charge is 0.325 e. The lowest BCUT2D eigenvalue weighted by atomic mass is 10.1. The van der Waals surface area contributed by atoms with Gasteiger partial charge in [-0.2, -0.15) is 0 Å². The monoisotopic (exact) mass is 183 g/mol. The van der Waals surface area contributed by atoms with Gasteiger partial charge in [0.15, 0.2) is 0 Å². The average Bonchev–Trinajstić information content (AvgIpc) is 2.04. The Labute approximate surface area is 75.6 Å². The number of hydrogen-bond donors (Lipinski definition) is 3. The molecule has 1 aromatic carbocycles. The van der Waals surface area contributed by atoms with Gasteiger partial charge in [-0.1, -0.05) is 12.1 Å². The third-order valence-electron chi connectivity index (χ3n) is 1.52. The summed E-state index contributed by atoms with van der Waals surface area (Å²) in [6.45, 7) is 0. The molecule has 0 aliphatic rings. The Hall–Kier alpha value is -1.00. The minimum Gasteiger partial charge on any atom is -0.480 e. The van der Waals surface area contributed by atoms with Crippen LogP contribution in [0, 0.1) is 0 Å². The van der Waals surface area contributed by atoms with Gasteiger partial charge >= 0.3 is 5.97 Å². The quantitative estimate of drug-likeness (QED) is 0.601. The number of hydrogen-bond acceptors (Lipinski definition) is 3. The van der Waals surface area contributed by atoms with Crippen LogP contribution in [0.3, 0.4) is 0 Å². The zero-order valence-corrected chi connectivity index (χ0v) is 7.16. The van der Waals surface area contributed by atoms with Crippen LogP contribution >= 0.6 is 12.6 Å². The molecule has 0 aliphatic carbocycles. The third-order valence-corrected chi connectivity index (χ3v) is 1.82. The largest absolute Gasteiger partial charge is 0.480 e. The van der Waals surface area contributed by atoms with Crippen molar-refractivity contribution in [3.63, 3.8) is 0 Å². The Morgan fingerprint density at radius 3 is 2.33 bits per heavy atom. The van der Waals surface area contributed by atoms with Crippen LogP contribution in [0.15, 0.2) is 29.2 Å². The first-order valence-electron chi connectivity index (χ1n) is 3.38. The predicted octanol–water partition coefficient (Wildman–Crippen LogP) is 1.06. The molecule has 0 amide bonds. The molecule has 1 aromatic rings. The Morgan fingerprint density at radius 2 is 1.92 bits per heavy atom. The number of nitrogens with two attached hydrogens (primary N) is 1. The number of carboxylic acids is 1. The summed E-state index contributed by atoms with van der Waals surface area (Å²) in [5.74, 6) is -1.03. The third kappa shape index (κ3) is 1.99. The van der Waals surface area contributed by atoms with E-state index in [1.807, 2.05) is 0 Å². The van der Waals surface area contributed by atoms with E-state index >= 15 is 0 Å².